The Labute approximate surface area is 155 Å². The van der Waals surface area contributed by atoms with Crippen LogP contribution in [0.1, 0.15) is 18.9 Å². The van der Waals surface area contributed by atoms with E-state index in [1.807, 2.05) is 0 Å². The molecule has 1 aromatic heterocycles. The summed E-state index contributed by atoms with van der Waals surface area (Å²) in [7, 11) is 0. The molecular weight excluding hydrogens is 342 g/mol. The second-order valence-corrected chi connectivity index (χ2v) is 7.76. The first-order valence-electron chi connectivity index (χ1n) is 8.95. The Kier molecular flexibility index (Phi) is 2.74. The number of hydrogen-bond acceptors (Lipinski definition) is 1. The molecule has 1 unspecified atom stereocenters. The zero-order valence-electron chi connectivity index (χ0n) is 14.3. The Morgan fingerprint density at radius 2 is 1.85 bits per heavy atom. The molecule has 0 spiro atoms. The monoisotopic (exact) mass is 357 g/mol. The molecule has 1 N–H and O–H groups in total. The maximum Gasteiger partial charge on any atom is 0.137 e. The van der Waals surface area contributed by atoms with Crippen LogP contribution in [0.25, 0.3) is 38.2 Å². The Morgan fingerprint density at radius 1 is 1.00 bits per heavy atom. The topological polar surface area (TPSA) is 25.0 Å². The first kappa shape index (κ1) is 14.5. The Hall–Kier alpha value is -2.71. The van der Waals surface area contributed by atoms with E-state index >= 15 is 0 Å². The summed E-state index contributed by atoms with van der Waals surface area (Å²) >= 11 is 6.42. The maximum atomic E-state index is 6.43. The van der Waals surface area contributed by atoms with Crippen LogP contribution >= 0.6 is 11.6 Å². The molecule has 2 heterocycles. The van der Waals surface area contributed by atoms with Crippen molar-refractivity contribution >= 4 is 49.8 Å². The molecule has 126 valence electrons. The van der Waals surface area contributed by atoms with Gasteiger partial charge < -0.3 is 9.72 Å². The van der Waals surface area contributed by atoms with Crippen LogP contribution in [0, 0.1) is 5.92 Å². The lowest BCUT2D eigenvalue weighted by Gasteiger charge is -2.29. The van der Waals surface area contributed by atoms with Crippen molar-refractivity contribution in [2.75, 3.05) is 0 Å². The fraction of sp³-hybridized carbons (Fsp3) is 0.130. The van der Waals surface area contributed by atoms with Crippen molar-refractivity contribution in [3.05, 3.63) is 71.0 Å². The van der Waals surface area contributed by atoms with Gasteiger partial charge in [0.1, 0.15) is 11.5 Å². The molecule has 2 aliphatic rings. The van der Waals surface area contributed by atoms with Crippen molar-refractivity contribution < 1.29 is 4.74 Å². The van der Waals surface area contributed by atoms with Gasteiger partial charge in [-0.25, -0.2) is 0 Å². The van der Waals surface area contributed by atoms with E-state index in [1.54, 1.807) is 0 Å². The highest BCUT2D eigenvalue weighted by Crippen LogP contribution is 2.48. The first-order chi connectivity index (χ1) is 12.7. The largest absolute Gasteiger partial charge is 0.460 e. The number of rotatable bonds is 0. The molecule has 26 heavy (non-hydrogen) atoms. The van der Waals surface area contributed by atoms with Gasteiger partial charge in [0.15, 0.2) is 0 Å². The van der Waals surface area contributed by atoms with Crippen molar-refractivity contribution in [1.29, 1.82) is 0 Å². The van der Waals surface area contributed by atoms with Gasteiger partial charge in [0, 0.05) is 44.3 Å². The third-order valence-electron chi connectivity index (χ3n) is 5.62. The van der Waals surface area contributed by atoms with Crippen molar-refractivity contribution in [1.82, 2.24) is 4.98 Å². The lowest BCUT2D eigenvalue weighted by Crippen LogP contribution is -2.16. The Bertz CT molecular complexity index is 1310. The number of hydrogen-bond donors (Lipinski definition) is 1. The number of allylic oxidation sites excluding steroid dienone is 4. The van der Waals surface area contributed by atoms with Gasteiger partial charge in [0.2, 0.25) is 0 Å². The number of nitrogens with one attached hydrogen (secondary N) is 1. The normalized spacial score (nSPS) is 19.0. The summed E-state index contributed by atoms with van der Waals surface area (Å²) in [4.78, 5) is 3.55. The molecule has 0 fully saturated rings. The van der Waals surface area contributed by atoms with E-state index in [9.17, 15) is 0 Å². The van der Waals surface area contributed by atoms with Crippen LogP contribution in [0.15, 0.2) is 65.4 Å². The minimum absolute atomic E-state index is 0.282. The van der Waals surface area contributed by atoms with Gasteiger partial charge in [0.25, 0.3) is 0 Å². The van der Waals surface area contributed by atoms with Crippen LogP contribution in [-0.2, 0) is 0 Å². The lowest BCUT2D eigenvalue weighted by molar-refractivity contribution is 0.359. The molecule has 0 saturated heterocycles. The fourth-order valence-corrected chi connectivity index (χ4v) is 4.86. The molecule has 4 aromatic rings. The van der Waals surface area contributed by atoms with E-state index in [0.717, 1.165) is 39.6 Å². The fourth-order valence-electron chi connectivity index (χ4n) is 4.52. The van der Waals surface area contributed by atoms with E-state index in [1.165, 1.54) is 27.1 Å². The third kappa shape index (κ3) is 1.77. The SMILES string of the molecule is CC1CC(Cl)=CC2=C1Oc1cc3[nH]c4ccccc4c3c3cccc2c13. The predicted molar refractivity (Wildman–Crippen MR) is 109 cm³/mol. The molecule has 3 aromatic carbocycles. The second kappa shape index (κ2) is 4.93. The molecule has 0 amide bonds. The van der Waals surface area contributed by atoms with Crippen molar-refractivity contribution in [2.24, 2.45) is 5.92 Å². The van der Waals surface area contributed by atoms with Gasteiger partial charge in [-0.15, -0.1) is 0 Å². The van der Waals surface area contributed by atoms with Gasteiger partial charge >= 0.3 is 0 Å². The van der Waals surface area contributed by atoms with Crippen LogP contribution in [0.2, 0.25) is 0 Å². The Balaban J connectivity index is 1.80. The minimum atomic E-state index is 0.282. The summed E-state index contributed by atoms with van der Waals surface area (Å²) in [5, 5.41) is 5.80. The molecular formula is C23H16ClNO. The van der Waals surface area contributed by atoms with Gasteiger partial charge in [-0.1, -0.05) is 54.9 Å². The second-order valence-electron chi connectivity index (χ2n) is 7.27. The predicted octanol–water partition coefficient (Wildman–Crippen LogP) is 6.74. The molecule has 0 radical (unpaired) electrons. The summed E-state index contributed by atoms with van der Waals surface area (Å²) in [6.07, 6.45) is 2.91. The van der Waals surface area contributed by atoms with Crippen LogP contribution in [0.3, 0.4) is 0 Å². The van der Waals surface area contributed by atoms with Crippen molar-refractivity contribution in [3.63, 3.8) is 0 Å². The van der Waals surface area contributed by atoms with Gasteiger partial charge in [-0.05, 0) is 29.5 Å². The van der Waals surface area contributed by atoms with Crippen LogP contribution < -0.4 is 4.74 Å². The highest BCUT2D eigenvalue weighted by Gasteiger charge is 2.29. The van der Waals surface area contributed by atoms with Crippen molar-refractivity contribution in [3.8, 4) is 5.75 Å². The smallest absolute Gasteiger partial charge is 0.137 e. The summed E-state index contributed by atoms with van der Waals surface area (Å²) in [6.45, 7) is 2.18. The number of halogens is 1. The van der Waals surface area contributed by atoms with E-state index in [-0.39, 0.29) is 5.92 Å². The number of para-hydroxylation sites is 1. The van der Waals surface area contributed by atoms with Gasteiger partial charge in [-0.2, -0.15) is 0 Å². The van der Waals surface area contributed by atoms with E-state index in [2.05, 4.69) is 66.5 Å². The number of aromatic amines is 1. The molecule has 1 atom stereocenters. The van der Waals surface area contributed by atoms with Gasteiger partial charge in [-0.3, -0.25) is 0 Å². The number of benzene rings is 3. The number of aromatic nitrogens is 1. The third-order valence-corrected chi connectivity index (χ3v) is 5.88. The average Bonchev–Trinajstić information content (AvgIpc) is 3.01. The van der Waals surface area contributed by atoms with Crippen LogP contribution in [-0.4, -0.2) is 4.98 Å². The zero-order chi connectivity index (χ0) is 17.4. The molecule has 6 rings (SSSR count). The summed E-state index contributed by atoms with van der Waals surface area (Å²) in [5.74, 6) is 2.25. The van der Waals surface area contributed by atoms with Crippen LogP contribution in [0.4, 0.5) is 0 Å². The van der Waals surface area contributed by atoms with E-state index < -0.39 is 0 Å². The number of ether oxygens (including phenoxy) is 1. The van der Waals surface area contributed by atoms with E-state index in [0.29, 0.717) is 0 Å². The first-order valence-corrected chi connectivity index (χ1v) is 9.33. The Morgan fingerprint density at radius 3 is 2.77 bits per heavy atom. The van der Waals surface area contributed by atoms with E-state index in [4.69, 9.17) is 16.3 Å². The maximum absolute atomic E-state index is 6.43. The molecule has 1 aliphatic heterocycles. The average molecular weight is 358 g/mol. The minimum Gasteiger partial charge on any atom is -0.460 e. The molecule has 2 nitrogen and oxygen atoms in total. The van der Waals surface area contributed by atoms with Crippen LogP contribution in [0.5, 0.6) is 5.75 Å². The molecule has 0 bridgehead atoms. The lowest BCUT2D eigenvalue weighted by atomic mass is 9.86. The number of H-pyrrole nitrogens is 1. The highest BCUT2D eigenvalue weighted by atomic mass is 35.5. The summed E-state index contributed by atoms with van der Waals surface area (Å²) in [5.41, 5.74) is 4.62. The zero-order valence-corrected chi connectivity index (χ0v) is 15.0. The highest BCUT2D eigenvalue weighted by molar-refractivity contribution is 6.31. The van der Waals surface area contributed by atoms with Gasteiger partial charge in [0.05, 0.1) is 5.52 Å². The standard InChI is InChI=1S/C23H16ClNO/c1-12-9-13(24)10-17-14-6-4-7-16-21-15-5-2-3-8-18(15)25-19(21)11-20(22(14)16)26-23(12)17/h2-8,10-12,25H,9H2,1H3. The summed E-state index contributed by atoms with van der Waals surface area (Å²) in [6, 6.07) is 17.1. The van der Waals surface area contributed by atoms with Crippen molar-refractivity contribution in [2.45, 2.75) is 13.3 Å². The molecule has 0 saturated carbocycles. The quantitative estimate of drug-likeness (QED) is 0.370. The molecule has 3 heteroatoms. The number of fused-ring (bicyclic) bond motifs is 5. The summed E-state index contributed by atoms with van der Waals surface area (Å²) < 4.78 is 6.43. The molecule has 1 aliphatic carbocycles.